The zero-order valence-corrected chi connectivity index (χ0v) is 24.5. The molecule has 42 heavy (non-hydrogen) atoms. The molecule has 2 N–H and O–H groups in total. The van der Waals surface area contributed by atoms with Gasteiger partial charge in [-0.05, 0) is 46.4 Å². The molecule has 5 aromatic rings. The van der Waals surface area contributed by atoms with Crippen molar-refractivity contribution in [3.63, 3.8) is 0 Å². The molecule has 0 bridgehead atoms. The van der Waals surface area contributed by atoms with Crippen molar-refractivity contribution in [1.82, 2.24) is 0 Å². The third-order valence-corrected chi connectivity index (χ3v) is 7.89. The number of phosphoric acid groups is 1. The minimum atomic E-state index is -5.02. The Hall–Kier alpha value is -3.90. The third kappa shape index (κ3) is 6.60. The first-order chi connectivity index (χ1) is 20.3. The molecule has 6 nitrogen and oxygen atoms in total. The highest BCUT2D eigenvalue weighted by Crippen LogP contribution is 2.53. The summed E-state index contributed by atoms with van der Waals surface area (Å²) in [6, 6.07) is 38.9. The van der Waals surface area contributed by atoms with Gasteiger partial charge >= 0.3 is 7.82 Å². The summed E-state index contributed by atoms with van der Waals surface area (Å²) in [5.41, 5.74) is 2.48. The van der Waals surface area contributed by atoms with E-state index in [0.29, 0.717) is 46.2 Å². The second kappa shape index (κ2) is 13.0. The minimum absolute atomic E-state index is 0.334. The number of phosphoric ester groups is 1. The highest BCUT2D eigenvalue weighted by molar-refractivity contribution is 7.46. The molecule has 0 spiro atoms. The summed E-state index contributed by atoms with van der Waals surface area (Å²) in [7, 11) is -3.43. The molecule has 0 heterocycles. The summed E-state index contributed by atoms with van der Waals surface area (Å²) in [4.78, 5) is 20.3. The fraction of sp³-hybridized carbons (Fsp3) is 0.118. The Morgan fingerprint density at radius 1 is 0.714 bits per heavy atom. The number of benzene rings is 5. The van der Waals surface area contributed by atoms with Crippen LogP contribution < -0.4 is 9.47 Å². The Labute approximate surface area is 250 Å². The van der Waals surface area contributed by atoms with Gasteiger partial charge in [0, 0.05) is 5.56 Å². The second-order valence-corrected chi connectivity index (χ2v) is 11.3. The Bertz CT molecular complexity index is 1630. The fourth-order valence-corrected chi connectivity index (χ4v) is 6.04. The van der Waals surface area contributed by atoms with Crippen molar-refractivity contribution in [1.29, 1.82) is 0 Å². The van der Waals surface area contributed by atoms with Crippen molar-refractivity contribution in [2.24, 2.45) is 0 Å². The molecular formula is C34H30ClO6P. The summed E-state index contributed by atoms with van der Waals surface area (Å²) in [5.74, 6) is 1.20. The third-order valence-electron chi connectivity index (χ3n) is 6.93. The normalized spacial score (nSPS) is 11.7. The van der Waals surface area contributed by atoms with Crippen molar-refractivity contribution in [3.05, 3.63) is 166 Å². The lowest BCUT2D eigenvalue weighted by molar-refractivity contribution is 0.0976. The van der Waals surface area contributed by atoms with Gasteiger partial charge < -0.3 is 19.3 Å². The molecule has 0 aliphatic carbocycles. The van der Waals surface area contributed by atoms with Gasteiger partial charge in [-0.1, -0.05) is 127 Å². The molecule has 0 radical (unpaired) electrons. The fourth-order valence-electron chi connectivity index (χ4n) is 5.04. The van der Waals surface area contributed by atoms with Gasteiger partial charge in [0.2, 0.25) is 0 Å². The van der Waals surface area contributed by atoms with E-state index in [-0.39, 0.29) is 0 Å². The first-order valence-electron chi connectivity index (χ1n) is 13.3. The predicted molar refractivity (Wildman–Crippen MR) is 164 cm³/mol. The van der Waals surface area contributed by atoms with Gasteiger partial charge in [-0.15, -0.1) is 0 Å². The maximum atomic E-state index is 12.5. The molecule has 8 heteroatoms. The molecule has 5 rings (SSSR count). The van der Waals surface area contributed by atoms with Crippen LogP contribution in [-0.2, 0) is 27.7 Å². The number of methoxy groups -OCH3 is 1. The SMILES string of the molecule is COc1ccc(Cc2cccc(C(OP(=O)(O)O)(c3ccccc3)c3ccccc3)c2Cl)cc1OCc1ccccc1. The maximum absolute atomic E-state index is 12.5. The number of ether oxygens (including phenoxy) is 2. The van der Waals surface area contributed by atoms with Crippen molar-refractivity contribution in [3.8, 4) is 11.5 Å². The van der Waals surface area contributed by atoms with Crippen LogP contribution >= 0.6 is 19.4 Å². The summed E-state index contributed by atoms with van der Waals surface area (Å²) in [6.45, 7) is 0.382. The minimum Gasteiger partial charge on any atom is -0.493 e. The number of hydrogen-bond donors (Lipinski definition) is 2. The summed E-state index contributed by atoms with van der Waals surface area (Å²) in [5, 5.41) is 0.334. The van der Waals surface area contributed by atoms with E-state index in [9.17, 15) is 14.4 Å². The molecule has 0 fully saturated rings. The lowest BCUT2D eigenvalue weighted by Crippen LogP contribution is -2.32. The van der Waals surface area contributed by atoms with Gasteiger partial charge in [0.25, 0.3) is 0 Å². The highest BCUT2D eigenvalue weighted by Gasteiger charge is 2.44. The van der Waals surface area contributed by atoms with E-state index in [0.717, 1.165) is 16.7 Å². The smallest absolute Gasteiger partial charge is 0.471 e. The Morgan fingerprint density at radius 2 is 1.31 bits per heavy atom. The molecule has 5 aromatic carbocycles. The standard InChI is InChI=1S/C34H30ClO6P/c1-39-31-21-20-26(23-32(31)40-24-25-12-5-2-6-13-25)22-27-14-11-19-30(33(27)35)34(41-42(36,37)38,28-15-7-3-8-16-28)29-17-9-4-10-18-29/h2-21,23H,22,24H2,1H3,(H2,36,37,38). The first-order valence-corrected chi connectivity index (χ1v) is 15.2. The monoisotopic (exact) mass is 600 g/mol. The van der Waals surface area contributed by atoms with E-state index >= 15 is 0 Å². The van der Waals surface area contributed by atoms with Crippen LogP contribution in [0.4, 0.5) is 0 Å². The van der Waals surface area contributed by atoms with E-state index in [1.54, 1.807) is 61.7 Å². The van der Waals surface area contributed by atoms with Crippen LogP contribution in [0.5, 0.6) is 11.5 Å². The van der Waals surface area contributed by atoms with Crippen LogP contribution in [0, 0.1) is 0 Å². The summed E-state index contributed by atoms with van der Waals surface area (Å²) < 4.78 is 29.9. The van der Waals surface area contributed by atoms with Crippen LogP contribution in [0.3, 0.4) is 0 Å². The highest BCUT2D eigenvalue weighted by atomic mass is 35.5. The van der Waals surface area contributed by atoms with Crippen LogP contribution in [0.15, 0.2) is 127 Å². The first kappa shape index (κ1) is 29.6. The van der Waals surface area contributed by atoms with Crippen LogP contribution in [-0.4, -0.2) is 16.9 Å². The van der Waals surface area contributed by atoms with Crippen LogP contribution in [0.25, 0.3) is 0 Å². The van der Waals surface area contributed by atoms with Crippen LogP contribution in [0.1, 0.15) is 33.4 Å². The molecule has 0 saturated heterocycles. The Morgan fingerprint density at radius 3 is 1.88 bits per heavy atom. The van der Waals surface area contributed by atoms with Crippen LogP contribution in [0.2, 0.25) is 5.02 Å². The lowest BCUT2D eigenvalue weighted by Gasteiger charge is -2.36. The molecule has 0 amide bonds. The van der Waals surface area contributed by atoms with Gasteiger partial charge in [0.15, 0.2) is 17.1 Å². The van der Waals surface area contributed by atoms with E-state index < -0.39 is 13.4 Å². The van der Waals surface area contributed by atoms with Crippen molar-refractivity contribution < 1.29 is 28.3 Å². The van der Waals surface area contributed by atoms with Crippen molar-refractivity contribution in [2.45, 2.75) is 18.6 Å². The zero-order chi connectivity index (χ0) is 29.6. The summed E-state index contributed by atoms with van der Waals surface area (Å²) >= 11 is 7.12. The van der Waals surface area contributed by atoms with Gasteiger partial charge in [-0.3, -0.25) is 4.52 Å². The average molecular weight is 601 g/mol. The largest absolute Gasteiger partial charge is 0.493 e. The zero-order valence-electron chi connectivity index (χ0n) is 22.9. The molecule has 0 aromatic heterocycles. The van der Waals surface area contributed by atoms with Crippen molar-refractivity contribution in [2.75, 3.05) is 7.11 Å². The number of halogens is 1. The molecule has 0 saturated carbocycles. The van der Waals surface area contributed by atoms with Gasteiger partial charge in [-0.2, -0.15) is 0 Å². The quantitative estimate of drug-likeness (QED) is 0.118. The van der Waals surface area contributed by atoms with E-state index in [2.05, 4.69) is 0 Å². The second-order valence-electron chi connectivity index (χ2n) is 9.71. The van der Waals surface area contributed by atoms with Gasteiger partial charge in [0.05, 0.1) is 12.1 Å². The van der Waals surface area contributed by atoms with E-state index in [4.69, 9.17) is 25.6 Å². The van der Waals surface area contributed by atoms with Gasteiger partial charge in [-0.25, -0.2) is 4.57 Å². The number of hydrogen-bond acceptors (Lipinski definition) is 4. The van der Waals surface area contributed by atoms with E-state index in [1.807, 2.05) is 72.8 Å². The van der Waals surface area contributed by atoms with Gasteiger partial charge in [0.1, 0.15) is 6.61 Å². The van der Waals surface area contributed by atoms with E-state index in [1.165, 1.54) is 0 Å². The topological polar surface area (TPSA) is 85.2 Å². The Kier molecular flexibility index (Phi) is 9.12. The molecular weight excluding hydrogens is 571 g/mol. The molecule has 0 aliphatic heterocycles. The average Bonchev–Trinajstić information content (AvgIpc) is 3.01. The molecule has 0 atom stereocenters. The number of rotatable bonds is 11. The molecule has 0 aliphatic rings. The summed E-state index contributed by atoms with van der Waals surface area (Å²) in [6.07, 6.45) is 0.425. The van der Waals surface area contributed by atoms with Crippen molar-refractivity contribution >= 4 is 19.4 Å². The predicted octanol–water partition coefficient (Wildman–Crippen LogP) is 7.92. The molecule has 0 unspecified atom stereocenters. The Balaban J connectivity index is 1.58. The maximum Gasteiger partial charge on any atom is 0.471 e. The molecule has 214 valence electrons. The lowest BCUT2D eigenvalue weighted by atomic mass is 9.79.